The molecule has 20 heavy (non-hydrogen) atoms. The van der Waals surface area contributed by atoms with E-state index in [1.807, 2.05) is 13.8 Å². The Labute approximate surface area is 127 Å². The highest BCUT2D eigenvalue weighted by Crippen LogP contribution is 2.21. The van der Waals surface area contributed by atoms with Crippen LogP contribution in [-0.2, 0) is 4.79 Å². The molecular formula is C14H19BrN2O3. The lowest BCUT2D eigenvalue weighted by atomic mass is 10.2. The molecule has 0 aliphatic carbocycles. The normalized spacial score (nSPS) is 10.2. The van der Waals surface area contributed by atoms with Gasteiger partial charge in [-0.05, 0) is 32.0 Å². The van der Waals surface area contributed by atoms with Gasteiger partial charge in [0.15, 0.2) is 0 Å². The maximum absolute atomic E-state index is 11.9. The third-order valence-corrected chi connectivity index (χ3v) is 3.44. The molecule has 0 saturated heterocycles. The lowest BCUT2D eigenvalue weighted by Crippen LogP contribution is -2.34. The highest BCUT2D eigenvalue weighted by Gasteiger charge is 2.13. The summed E-state index contributed by atoms with van der Waals surface area (Å²) in [6.45, 7) is 5.41. The van der Waals surface area contributed by atoms with Crippen LogP contribution in [0.4, 0.5) is 0 Å². The van der Waals surface area contributed by atoms with Gasteiger partial charge in [0.25, 0.3) is 5.91 Å². The smallest absolute Gasteiger partial charge is 0.255 e. The van der Waals surface area contributed by atoms with Gasteiger partial charge in [0, 0.05) is 30.5 Å². The van der Waals surface area contributed by atoms with E-state index in [0.29, 0.717) is 17.6 Å². The summed E-state index contributed by atoms with van der Waals surface area (Å²) in [6.07, 6.45) is 0.255. The van der Waals surface area contributed by atoms with E-state index in [9.17, 15) is 14.7 Å². The fourth-order valence-corrected chi connectivity index (χ4v) is 2.16. The minimum absolute atomic E-state index is 0.00956. The summed E-state index contributed by atoms with van der Waals surface area (Å²) in [6, 6.07) is 4.66. The van der Waals surface area contributed by atoms with Gasteiger partial charge in [-0.3, -0.25) is 9.59 Å². The molecule has 6 heteroatoms. The Balaban J connectivity index is 2.50. The van der Waals surface area contributed by atoms with Crippen molar-refractivity contribution in [2.45, 2.75) is 20.3 Å². The quantitative estimate of drug-likeness (QED) is 0.832. The Morgan fingerprint density at radius 3 is 2.50 bits per heavy atom. The molecule has 5 nitrogen and oxygen atoms in total. The van der Waals surface area contributed by atoms with Crippen LogP contribution >= 0.6 is 15.9 Å². The fourth-order valence-electron chi connectivity index (χ4n) is 1.81. The zero-order valence-electron chi connectivity index (χ0n) is 11.6. The van der Waals surface area contributed by atoms with E-state index in [4.69, 9.17) is 0 Å². The van der Waals surface area contributed by atoms with E-state index in [0.717, 1.165) is 0 Å². The van der Waals surface area contributed by atoms with E-state index in [2.05, 4.69) is 21.2 Å². The number of carbonyl (C=O) groups is 2. The topological polar surface area (TPSA) is 69.6 Å². The van der Waals surface area contributed by atoms with Gasteiger partial charge in [-0.15, -0.1) is 0 Å². The molecule has 1 rings (SSSR count). The van der Waals surface area contributed by atoms with Gasteiger partial charge in [-0.25, -0.2) is 0 Å². The van der Waals surface area contributed by atoms with Crippen molar-refractivity contribution >= 4 is 27.7 Å². The number of amides is 2. The van der Waals surface area contributed by atoms with Crippen molar-refractivity contribution in [3.63, 3.8) is 0 Å². The number of carbonyl (C=O) groups excluding carboxylic acids is 2. The number of aromatic hydroxyl groups is 1. The van der Waals surface area contributed by atoms with Crippen LogP contribution in [0.1, 0.15) is 30.6 Å². The van der Waals surface area contributed by atoms with Crippen molar-refractivity contribution in [3.05, 3.63) is 28.2 Å². The number of nitrogens with zero attached hydrogens (tertiary/aromatic N) is 1. The largest absolute Gasteiger partial charge is 0.507 e. The zero-order valence-corrected chi connectivity index (χ0v) is 13.2. The lowest BCUT2D eigenvalue weighted by Gasteiger charge is -2.18. The Kier molecular flexibility index (Phi) is 6.51. The van der Waals surface area contributed by atoms with Crippen LogP contribution in [0.25, 0.3) is 0 Å². The second-order valence-electron chi connectivity index (χ2n) is 4.23. The maximum Gasteiger partial charge on any atom is 0.255 e. The molecule has 2 amide bonds. The maximum atomic E-state index is 11.9. The molecular weight excluding hydrogens is 324 g/mol. The van der Waals surface area contributed by atoms with Crippen LogP contribution in [0.5, 0.6) is 5.75 Å². The van der Waals surface area contributed by atoms with E-state index < -0.39 is 0 Å². The van der Waals surface area contributed by atoms with Crippen molar-refractivity contribution in [3.8, 4) is 5.75 Å². The summed E-state index contributed by atoms with van der Waals surface area (Å²) in [4.78, 5) is 25.3. The molecule has 0 aromatic heterocycles. The second kappa shape index (κ2) is 7.89. The number of halogens is 1. The highest BCUT2D eigenvalue weighted by molar-refractivity contribution is 9.10. The average Bonchev–Trinajstić information content (AvgIpc) is 2.39. The van der Waals surface area contributed by atoms with Crippen LogP contribution in [0.3, 0.4) is 0 Å². The number of phenolic OH excluding ortho intramolecular Hbond substituents is 1. The molecule has 0 heterocycles. The summed E-state index contributed by atoms with van der Waals surface area (Å²) in [5, 5.41) is 12.3. The van der Waals surface area contributed by atoms with Gasteiger partial charge in [-0.2, -0.15) is 0 Å². The first-order chi connectivity index (χ1) is 9.49. The number of hydrogen-bond acceptors (Lipinski definition) is 3. The van der Waals surface area contributed by atoms with Crippen molar-refractivity contribution in [1.29, 1.82) is 0 Å². The summed E-state index contributed by atoms with van der Waals surface area (Å²) in [5.41, 5.74) is 0.198. The van der Waals surface area contributed by atoms with Crippen LogP contribution in [-0.4, -0.2) is 41.5 Å². The monoisotopic (exact) mass is 342 g/mol. The molecule has 1 aromatic carbocycles. The van der Waals surface area contributed by atoms with E-state index in [-0.39, 0.29) is 36.1 Å². The predicted molar refractivity (Wildman–Crippen MR) is 80.7 cm³/mol. The number of rotatable bonds is 6. The van der Waals surface area contributed by atoms with Gasteiger partial charge in [-0.1, -0.05) is 15.9 Å². The molecule has 0 saturated carbocycles. The minimum Gasteiger partial charge on any atom is -0.507 e. The van der Waals surface area contributed by atoms with Gasteiger partial charge in [0.05, 0.1) is 5.56 Å². The number of phenols is 1. The molecule has 0 unspecified atom stereocenters. The van der Waals surface area contributed by atoms with E-state index in [1.54, 1.807) is 11.0 Å². The summed E-state index contributed by atoms with van der Waals surface area (Å²) >= 11 is 3.21. The molecule has 0 aliphatic heterocycles. The molecule has 0 bridgehead atoms. The van der Waals surface area contributed by atoms with Gasteiger partial charge < -0.3 is 15.3 Å². The van der Waals surface area contributed by atoms with Crippen molar-refractivity contribution in [1.82, 2.24) is 10.2 Å². The first-order valence-electron chi connectivity index (χ1n) is 6.54. The van der Waals surface area contributed by atoms with Crippen molar-refractivity contribution in [2.75, 3.05) is 19.6 Å². The predicted octanol–water partition coefficient (Wildman–Crippen LogP) is 2.14. The first-order valence-corrected chi connectivity index (χ1v) is 7.33. The third-order valence-electron chi connectivity index (χ3n) is 2.94. The molecule has 0 radical (unpaired) electrons. The zero-order chi connectivity index (χ0) is 15.1. The van der Waals surface area contributed by atoms with Crippen molar-refractivity contribution < 1.29 is 14.7 Å². The number of benzene rings is 1. The van der Waals surface area contributed by atoms with Crippen LogP contribution in [0, 0.1) is 0 Å². The Morgan fingerprint density at radius 2 is 1.95 bits per heavy atom. The standard InChI is InChI=1S/C14H19BrN2O3/c1-3-17(4-2)13(19)7-8-16-14(20)11-6-5-10(15)9-12(11)18/h5-6,9,18H,3-4,7-8H2,1-2H3,(H,16,20). The van der Waals surface area contributed by atoms with Gasteiger partial charge in [0.2, 0.25) is 5.91 Å². The number of nitrogens with one attached hydrogen (secondary N) is 1. The van der Waals surface area contributed by atoms with Crippen LogP contribution < -0.4 is 5.32 Å². The molecule has 110 valence electrons. The average molecular weight is 343 g/mol. The lowest BCUT2D eigenvalue weighted by molar-refractivity contribution is -0.130. The van der Waals surface area contributed by atoms with Crippen molar-refractivity contribution in [2.24, 2.45) is 0 Å². The molecule has 0 atom stereocenters. The van der Waals surface area contributed by atoms with Crippen LogP contribution in [0.15, 0.2) is 22.7 Å². The second-order valence-corrected chi connectivity index (χ2v) is 5.15. The molecule has 2 N–H and O–H groups in total. The van der Waals surface area contributed by atoms with Crippen LogP contribution in [0.2, 0.25) is 0 Å². The van der Waals surface area contributed by atoms with Gasteiger partial charge in [0.1, 0.15) is 5.75 Å². The number of hydrogen-bond donors (Lipinski definition) is 2. The SMILES string of the molecule is CCN(CC)C(=O)CCNC(=O)c1ccc(Br)cc1O. The third kappa shape index (κ3) is 4.52. The Hall–Kier alpha value is -1.56. The summed E-state index contributed by atoms with van der Waals surface area (Å²) < 4.78 is 0.697. The summed E-state index contributed by atoms with van der Waals surface area (Å²) in [7, 11) is 0. The highest BCUT2D eigenvalue weighted by atomic mass is 79.9. The molecule has 1 aromatic rings. The molecule has 0 fully saturated rings. The minimum atomic E-state index is -0.387. The fraction of sp³-hybridized carbons (Fsp3) is 0.429. The first kappa shape index (κ1) is 16.5. The molecule has 0 spiro atoms. The Morgan fingerprint density at radius 1 is 1.30 bits per heavy atom. The molecule has 0 aliphatic rings. The van der Waals surface area contributed by atoms with E-state index in [1.165, 1.54) is 12.1 Å². The summed E-state index contributed by atoms with van der Waals surface area (Å²) in [5.74, 6) is -0.468. The van der Waals surface area contributed by atoms with Gasteiger partial charge >= 0.3 is 0 Å². The van der Waals surface area contributed by atoms with E-state index >= 15 is 0 Å². The Bertz CT molecular complexity index is 487.